The van der Waals surface area contributed by atoms with E-state index in [9.17, 15) is 4.79 Å². The summed E-state index contributed by atoms with van der Waals surface area (Å²) >= 11 is 1.51. The molecular weight excluding hydrogens is 224 g/mol. The number of esters is 1. The molecule has 0 amide bonds. The summed E-state index contributed by atoms with van der Waals surface area (Å²) in [5.74, 6) is -0.145. The zero-order chi connectivity index (χ0) is 12.1. The predicted molar refractivity (Wildman–Crippen MR) is 64.5 cm³/mol. The molecule has 0 saturated carbocycles. The first-order valence-corrected chi connectivity index (χ1v) is 6.30. The van der Waals surface area contributed by atoms with Gasteiger partial charge in [-0.25, -0.2) is 0 Å². The molecule has 0 aliphatic rings. The minimum atomic E-state index is -0.145. The van der Waals surface area contributed by atoms with Crippen LogP contribution >= 0.6 is 11.8 Å². The van der Waals surface area contributed by atoms with Crippen molar-refractivity contribution in [2.75, 3.05) is 6.61 Å². The molecule has 4 nitrogen and oxygen atoms in total. The lowest BCUT2D eigenvalue weighted by Gasteiger charge is -2.12. The minimum absolute atomic E-state index is 0.144. The Morgan fingerprint density at radius 1 is 1.62 bits per heavy atom. The van der Waals surface area contributed by atoms with Crippen LogP contribution in [0.3, 0.4) is 0 Å². The highest BCUT2D eigenvalue weighted by Gasteiger charge is 2.20. The van der Waals surface area contributed by atoms with E-state index in [0.717, 1.165) is 17.1 Å². The number of carbonyl (C=O) groups is 1. The highest BCUT2D eigenvalue weighted by atomic mass is 32.2. The summed E-state index contributed by atoms with van der Waals surface area (Å²) in [6.07, 6.45) is 0.758. The molecular formula is C11H18N2O2S. The number of hydrogen-bond donors (Lipinski definition) is 0. The SMILES string of the molecule is CCOC(=O)C(CC)Sc1cc(C)nn1C. The monoisotopic (exact) mass is 242 g/mol. The third-order valence-electron chi connectivity index (χ3n) is 2.14. The van der Waals surface area contributed by atoms with Gasteiger partial charge in [0.15, 0.2) is 0 Å². The normalized spacial score (nSPS) is 12.5. The molecule has 0 bridgehead atoms. The topological polar surface area (TPSA) is 44.1 Å². The van der Waals surface area contributed by atoms with Crippen LogP contribution in [0.15, 0.2) is 11.1 Å². The standard InChI is InChI=1S/C11H18N2O2S/c1-5-9(11(14)15-6-2)16-10-7-8(3)12-13(10)4/h7,9H,5-6H2,1-4H3. The third kappa shape index (κ3) is 3.27. The van der Waals surface area contributed by atoms with Gasteiger partial charge in [-0.1, -0.05) is 18.7 Å². The van der Waals surface area contributed by atoms with Crippen molar-refractivity contribution in [3.63, 3.8) is 0 Å². The largest absolute Gasteiger partial charge is 0.465 e. The molecule has 1 rings (SSSR count). The van der Waals surface area contributed by atoms with Crippen LogP contribution < -0.4 is 0 Å². The van der Waals surface area contributed by atoms with Crippen LogP contribution in [0.5, 0.6) is 0 Å². The lowest BCUT2D eigenvalue weighted by Crippen LogP contribution is -2.19. The number of carbonyl (C=O) groups excluding carboxylic acids is 1. The summed E-state index contributed by atoms with van der Waals surface area (Å²) in [5, 5.41) is 5.10. The van der Waals surface area contributed by atoms with Gasteiger partial charge >= 0.3 is 5.97 Å². The molecule has 1 atom stereocenters. The summed E-state index contributed by atoms with van der Waals surface area (Å²) in [4.78, 5) is 11.6. The lowest BCUT2D eigenvalue weighted by molar-refractivity contribution is -0.142. The average molecular weight is 242 g/mol. The van der Waals surface area contributed by atoms with E-state index in [1.54, 1.807) is 4.68 Å². The highest BCUT2D eigenvalue weighted by Crippen LogP contribution is 2.26. The zero-order valence-corrected chi connectivity index (χ0v) is 11.0. The molecule has 0 radical (unpaired) electrons. The molecule has 0 fully saturated rings. The number of ether oxygens (including phenoxy) is 1. The molecule has 0 spiro atoms. The highest BCUT2D eigenvalue weighted by molar-refractivity contribution is 8.00. The fraction of sp³-hybridized carbons (Fsp3) is 0.636. The number of aromatic nitrogens is 2. The van der Waals surface area contributed by atoms with Gasteiger partial charge in [-0.05, 0) is 26.3 Å². The molecule has 0 saturated heterocycles. The molecule has 1 heterocycles. The van der Waals surface area contributed by atoms with Gasteiger partial charge in [0.05, 0.1) is 17.3 Å². The minimum Gasteiger partial charge on any atom is -0.465 e. The second-order valence-corrected chi connectivity index (χ2v) is 4.74. The van der Waals surface area contributed by atoms with Crippen molar-refractivity contribution in [3.05, 3.63) is 11.8 Å². The Morgan fingerprint density at radius 2 is 2.31 bits per heavy atom. The van der Waals surface area contributed by atoms with E-state index < -0.39 is 0 Å². The van der Waals surface area contributed by atoms with Crippen LogP contribution in [0.1, 0.15) is 26.0 Å². The van der Waals surface area contributed by atoms with E-state index in [4.69, 9.17) is 4.74 Å². The molecule has 90 valence electrons. The first kappa shape index (κ1) is 13.1. The van der Waals surface area contributed by atoms with Crippen molar-refractivity contribution in [3.8, 4) is 0 Å². The Labute approximate surface area is 100 Å². The Hall–Kier alpha value is -0.970. The van der Waals surface area contributed by atoms with E-state index in [-0.39, 0.29) is 11.2 Å². The van der Waals surface area contributed by atoms with Crippen molar-refractivity contribution < 1.29 is 9.53 Å². The maximum Gasteiger partial charge on any atom is 0.319 e. The van der Waals surface area contributed by atoms with E-state index in [0.29, 0.717) is 6.61 Å². The smallest absolute Gasteiger partial charge is 0.319 e. The summed E-state index contributed by atoms with van der Waals surface area (Å²) in [6.45, 7) is 6.18. The van der Waals surface area contributed by atoms with Gasteiger partial charge in [-0.2, -0.15) is 5.10 Å². The van der Waals surface area contributed by atoms with E-state index in [1.165, 1.54) is 11.8 Å². The van der Waals surface area contributed by atoms with Gasteiger partial charge in [0.1, 0.15) is 5.25 Å². The van der Waals surface area contributed by atoms with E-state index in [2.05, 4.69) is 5.10 Å². The van der Waals surface area contributed by atoms with Crippen LogP contribution in [-0.2, 0) is 16.6 Å². The van der Waals surface area contributed by atoms with Gasteiger partial charge < -0.3 is 4.74 Å². The summed E-state index contributed by atoms with van der Waals surface area (Å²) in [5.41, 5.74) is 0.962. The predicted octanol–water partition coefficient (Wildman–Crippen LogP) is 2.16. The Morgan fingerprint density at radius 3 is 2.75 bits per heavy atom. The van der Waals surface area contributed by atoms with Crippen LogP contribution in [0, 0.1) is 6.92 Å². The Bertz CT molecular complexity index is 363. The summed E-state index contributed by atoms with van der Waals surface area (Å²) < 4.78 is 6.82. The number of thioether (sulfide) groups is 1. The Kier molecular flexibility index (Phi) is 4.86. The summed E-state index contributed by atoms with van der Waals surface area (Å²) in [6, 6.07) is 1.98. The third-order valence-corrected chi connectivity index (χ3v) is 3.58. The van der Waals surface area contributed by atoms with E-state index >= 15 is 0 Å². The molecule has 5 heteroatoms. The maximum atomic E-state index is 11.6. The molecule has 1 aromatic heterocycles. The fourth-order valence-electron chi connectivity index (χ4n) is 1.38. The van der Waals surface area contributed by atoms with Gasteiger partial charge in [0, 0.05) is 7.05 Å². The van der Waals surface area contributed by atoms with Crippen molar-refractivity contribution in [1.29, 1.82) is 0 Å². The molecule has 1 aromatic rings. The molecule has 1 unspecified atom stereocenters. The van der Waals surface area contributed by atoms with Crippen molar-refractivity contribution in [2.24, 2.45) is 7.05 Å². The second kappa shape index (κ2) is 5.94. The number of rotatable bonds is 5. The maximum absolute atomic E-state index is 11.6. The van der Waals surface area contributed by atoms with Gasteiger partial charge in [-0.3, -0.25) is 9.48 Å². The zero-order valence-electron chi connectivity index (χ0n) is 10.2. The number of nitrogens with zero attached hydrogens (tertiary/aromatic N) is 2. The summed E-state index contributed by atoms with van der Waals surface area (Å²) in [7, 11) is 1.88. The van der Waals surface area contributed by atoms with Gasteiger partial charge in [0.2, 0.25) is 0 Å². The fourth-order valence-corrected chi connectivity index (χ4v) is 2.43. The van der Waals surface area contributed by atoms with Gasteiger partial charge in [0.25, 0.3) is 0 Å². The molecule has 0 aliphatic carbocycles. The van der Waals surface area contributed by atoms with Crippen LogP contribution in [0.4, 0.5) is 0 Å². The Balaban J connectivity index is 2.70. The van der Waals surface area contributed by atoms with E-state index in [1.807, 2.05) is 33.9 Å². The van der Waals surface area contributed by atoms with Crippen molar-refractivity contribution in [1.82, 2.24) is 9.78 Å². The number of hydrogen-bond acceptors (Lipinski definition) is 4. The van der Waals surface area contributed by atoms with Gasteiger partial charge in [-0.15, -0.1) is 0 Å². The van der Waals surface area contributed by atoms with Crippen LogP contribution in [0.2, 0.25) is 0 Å². The first-order valence-electron chi connectivity index (χ1n) is 5.42. The quantitative estimate of drug-likeness (QED) is 0.586. The molecule has 0 aliphatic heterocycles. The molecule has 16 heavy (non-hydrogen) atoms. The van der Waals surface area contributed by atoms with Crippen molar-refractivity contribution >= 4 is 17.7 Å². The first-order chi connectivity index (χ1) is 7.58. The number of aryl methyl sites for hydroxylation is 2. The molecule has 0 aromatic carbocycles. The van der Waals surface area contributed by atoms with Crippen molar-refractivity contribution in [2.45, 2.75) is 37.5 Å². The second-order valence-electron chi connectivity index (χ2n) is 3.51. The molecule has 0 N–H and O–H groups in total. The van der Waals surface area contributed by atoms with Crippen LogP contribution in [0.25, 0.3) is 0 Å². The van der Waals surface area contributed by atoms with Crippen LogP contribution in [-0.4, -0.2) is 27.6 Å². The lowest BCUT2D eigenvalue weighted by atomic mass is 10.3. The average Bonchev–Trinajstić information content (AvgIpc) is 2.54.